The lowest BCUT2D eigenvalue weighted by Crippen LogP contribution is -2.49. The van der Waals surface area contributed by atoms with Crippen LogP contribution in [0.2, 0.25) is 0 Å². The monoisotopic (exact) mass is 515 g/mol. The molecule has 2 unspecified atom stereocenters. The summed E-state index contributed by atoms with van der Waals surface area (Å²) >= 11 is 4.69. The van der Waals surface area contributed by atoms with Crippen molar-refractivity contribution in [2.45, 2.75) is 40.2 Å². The maximum Gasteiger partial charge on any atom is 0.319 e. The lowest BCUT2D eigenvalue weighted by Gasteiger charge is -2.23. The fourth-order valence-electron chi connectivity index (χ4n) is 3.12. The van der Waals surface area contributed by atoms with Crippen molar-refractivity contribution in [3.63, 3.8) is 0 Å². The van der Waals surface area contributed by atoms with E-state index in [0.717, 1.165) is 27.6 Å². The largest absolute Gasteiger partial charge is 0.326 e. The normalized spacial score (nSPS) is 12.7. The van der Waals surface area contributed by atoms with E-state index in [0.29, 0.717) is 15.8 Å². The summed E-state index contributed by atoms with van der Waals surface area (Å²) in [6.07, 6.45) is 0.724. The van der Waals surface area contributed by atoms with Crippen LogP contribution in [-0.4, -0.2) is 28.2 Å². The van der Waals surface area contributed by atoms with Crippen molar-refractivity contribution in [3.8, 4) is 10.6 Å². The first-order chi connectivity index (χ1) is 15.3. The van der Waals surface area contributed by atoms with E-state index >= 15 is 0 Å². The van der Waals surface area contributed by atoms with Gasteiger partial charge >= 0.3 is 6.03 Å². The van der Waals surface area contributed by atoms with Crippen LogP contribution in [0.25, 0.3) is 10.6 Å². The molecule has 3 rings (SSSR count). The Morgan fingerprint density at radius 2 is 1.78 bits per heavy atom. The molecule has 7 nitrogen and oxygen atoms in total. The fourth-order valence-corrected chi connectivity index (χ4v) is 4.14. The molecule has 0 spiro atoms. The second kappa shape index (κ2) is 10.7. The van der Waals surface area contributed by atoms with Gasteiger partial charge in [-0.05, 0) is 43.5 Å². The number of carbonyl (C=O) groups excluding carboxylic acids is 2. The molecule has 168 valence electrons. The zero-order valence-electron chi connectivity index (χ0n) is 18.4. The minimum absolute atomic E-state index is 0.0706. The van der Waals surface area contributed by atoms with Gasteiger partial charge in [-0.2, -0.15) is 0 Å². The Kier molecular flexibility index (Phi) is 7.98. The number of benzene rings is 2. The number of aromatic nitrogens is 2. The molecule has 0 bridgehead atoms. The molecule has 2 atom stereocenters. The Morgan fingerprint density at radius 3 is 2.44 bits per heavy atom. The van der Waals surface area contributed by atoms with Crippen LogP contribution in [0.1, 0.15) is 31.4 Å². The van der Waals surface area contributed by atoms with E-state index in [4.69, 9.17) is 0 Å². The molecular formula is C23H26BrN5O2S. The van der Waals surface area contributed by atoms with Gasteiger partial charge in [0.05, 0.1) is 0 Å². The van der Waals surface area contributed by atoms with Crippen molar-refractivity contribution in [3.05, 3.63) is 58.1 Å². The average molecular weight is 516 g/mol. The van der Waals surface area contributed by atoms with Crippen LogP contribution in [0.5, 0.6) is 0 Å². The molecule has 9 heteroatoms. The third-order valence-electron chi connectivity index (χ3n) is 5.16. The van der Waals surface area contributed by atoms with Crippen LogP contribution in [0.15, 0.2) is 46.9 Å². The molecule has 0 aliphatic heterocycles. The van der Waals surface area contributed by atoms with Gasteiger partial charge in [-0.15, -0.1) is 10.2 Å². The summed E-state index contributed by atoms with van der Waals surface area (Å²) in [5, 5.41) is 17.8. The minimum atomic E-state index is -0.717. The van der Waals surface area contributed by atoms with Crippen LogP contribution in [0.3, 0.4) is 0 Å². The van der Waals surface area contributed by atoms with Crippen LogP contribution in [-0.2, 0) is 4.79 Å². The molecular weight excluding hydrogens is 490 g/mol. The topological polar surface area (TPSA) is 96.0 Å². The van der Waals surface area contributed by atoms with Gasteiger partial charge in [0.25, 0.3) is 0 Å². The summed E-state index contributed by atoms with van der Waals surface area (Å²) < 4.78 is 0.973. The van der Waals surface area contributed by atoms with Gasteiger partial charge in [-0.25, -0.2) is 4.79 Å². The van der Waals surface area contributed by atoms with Gasteiger partial charge in [0.15, 0.2) is 0 Å². The molecule has 3 aromatic rings. The van der Waals surface area contributed by atoms with Gasteiger partial charge in [0, 0.05) is 15.7 Å². The van der Waals surface area contributed by atoms with Gasteiger partial charge in [-0.3, -0.25) is 10.1 Å². The van der Waals surface area contributed by atoms with Crippen molar-refractivity contribution in [1.29, 1.82) is 0 Å². The molecule has 1 aromatic heterocycles. The molecule has 32 heavy (non-hydrogen) atoms. The van der Waals surface area contributed by atoms with Crippen molar-refractivity contribution in [2.75, 3.05) is 10.6 Å². The summed E-state index contributed by atoms with van der Waals surface area (Å²) in [5.74, 6) is -0.396. The van der Waals surface area contributed by atoms with E-state index in [1.807, 2.05) is 70.2 Å². The quantitative estimate of drug-likeness (QED) is 0.372. The highest BCUT2D eigenvalue weighted by Crippen LogP contribution is 2.27. The number of carbonyl (C=O) groups is 2. The van der Waals surface area contributed by atoms with E-state index in [9.17, 15) is 9.59 Å². The number of urea groups is 1. The number of rotatable bonds is 7. The van der Waals surface area contributed by atoms with E-state index in [2.05, 4.69) is 42.1 Å². The van der Waals surface area contributed by atoms with Crippen molar-refractivity contribution in [2.24, 2.45) is 5.92 Å². The molecule has 1 heterocycles. The molecule has 0 radical (unpaired) electrons. The number of nitrogens with zero attached hydrogens (tertiary/aromatic N) is 2. The number of aryl methyl sites for hydroxylation is 2. The standard InChI is InChI=1S/C23H26BrN5O2S/c1-5-14(3)19(26-22(31)25-18-11-6-13(2)12-15(18)4)20(30)27-23-29-28-21(32-23)16-7-9-17(24)10-8-16/h6-12,14,19H,5H2,1-4H3,(H2,25,26,31)(H,27,29,30). The average Bonchev–Trinajstić information content (AvgIpc) is 3.22. The van der Waals surface area contributed by atoms with E-state index in [-0.39, 0.29) is 11.8 Å². The van der Waals surface area contributed by atoms with Gasteiger partial charge in [0.1, 0.15) is 11.0 Å². The van der Waals surface area contributed by atoms with Crippen LogP contribution >= 0.6 is 27.3 Å². The summed E-state index contributed by atoms with van der Waals surface area (Å²) in [4.78, 5) is 25.6. The Morgan fingerprint density at radius 1 is 1.06 bits per heavy atom. The van der Waals surface area contributed by atoms with Crippen LogP contribution < -0.4 is 16.0 Å². The molecule has 3 amide bonds. The summed E-state index contributed by atoms with van der Waals surface area (Å²) in [5.41, 5.74) is 3.69. The fraction of sp³-hybridized carbons (Fsp3) is 0.304. The van der Waals surface area contributed by atoms with E-state index in [1.54, 1.807) is 0 Å². The number of anilines is 2. The minimum Gasteiger partial charge on any atom is -0.326 e. The van der Waals surface area contributed by atoms with E-state index in [1.165, 1.54) is 11.3 Å². The number of halogens is 1. The zero-order valence-corrected chi connectivity index (χ0v) is 20.8. The summed E-state index contributed by atoms with van der Waals surface area (Å²) in [6, 6.07) is 12.3. The second-order valence-corrected chi connectivity index (χ2v) is 9.58. The highest BCUT2D eigenvalue weighted by atomic mass is 79.9. The van der Waals surface area contributed by atoms with Gasteiger partial charge < -0.3 is 10.6 Å². The van der Waals surface area contributed by atoms with Crippen LogP contribution in [0.4, 0.5) is 15.6 Å². The van der Waals surface area contributed by atoms with E-state index < -0.39 is 12.1 Å². The Balaban J connectivity index is 1.68. The Labute approximate surface area is 200 Å². The summed E-state index contributed by atoms with van der Waals surface area (Å²) in [6.45, 7) is 7.83. The molecule has 0 saturated heterocycles. The molecule has 2 aromatic carbocycles. The zero-order chi connectivity index (χ0) is 23.3. The highest BCUT2D eigenvalue weighted by molar-refractivity contribution is 9.10. The van der Waals surface area contributed by atoms with Crippen molar-refractivity contribution in [1.82, 2.24) is 15.5 Å². The van der Waals surface area contributed by atoms with Crippen molar-refractivity contribution >= 4 is 50.0 Å². The van der Waals surface area contributed by atoms with Gasteiger partial charge in [0.2, 0.25) is 11.0 Å². The molecule has 0 saturated carbocycles. The predicted molar refractivity (Wildman–Crippen MR) is 133 cm³/mol. The lowest BCUT2D eigenvalue weighted by atomic mass is 9.98. The first kappa shape index (κ1) is 23.9. The molecule has 0 aliphatic carbocycles. The molecule has 0 aliphatic rings. The van der Waals surface area contributed by atoms with Gasteiger partial charge in [-0.1, -0.05) is 77.4 Å². The lowest BCUT2D eigenvalue weighted by molar-refractivity contribution is -0.119. The maximum absolute atomic E-state index is 13.0. The smallest absolute Gasteiger partial charge is 0.319 e. The third-order valence-corrected chi connectivity index (χ3v) is 6.57. The second-order valence-electron chi connectivity index (χ2n) is 7.69. The number of amides is 3. The molecule has 0 fully saturated rings. The number of hydrogen-bond donors (Lipinski definition) is 3. The van der Waals surface area contributed by atoms with Crippen LogP contribution in [0, 0.1) is 19.8 Å². The summed E-state index contributed by atoms with van der Waals surface area (Å²) in [7, 11) is 0. The maximum atomic E-state index is 13.0. The number of hydrogen-bond acceptors (Lipinski definition) is 5. The Hall–Kier alpha value is -2.78. The third kappa shape index (κ3) is 6.14. The highest BCUT2D eigenvalue weighted by Gasteiger charge is 2.27. The molecule has 3 N–H and O–H groups in total. The Bertz CT molecular complexity index is 1100. The number of nitrogens with one attached hydrogen (secondary N) is 3. The predicted octanol–water partition coefficient (Wildman–Crippen LogP) is 5.76. The van der Waals surface area contributed by atoms with Crippen molar-refractivity contribution < 1.29 is 9.59 Å². The SMILES string of the molecule is CCC(C)C(NC(=O)Nc1ccc(C)cc1C)C(=O)Nc1nnc(-c2ccc(Br)cc2)s1. The first-order valence-electron chi connectivity index (χ1n) is 10.3. The first-order valence-corrected chi connectivity index (χ1v) is 11.9.